The number of alkyl halides is 3. The molecular weight excluding hydrogens is 386 g/mol. The summed E-state index contributed by atoms with van der Waals surface area (Å²) < 4.78 is 58.7. The summed E-state index contributed by atoms with van der Waals surface area (Å²) in [4.78, 5) is 12.8. The van der Waals surface area contributed by atoms with Crippen LogP contribution in [0.2, 0.25) is 0 Å². The third kappa shape index (κ3) is 3.35. The predicted molar refractivity (Wildman–Crippen MR) is 101 cm³/mol. The van der Waals surface area contributed by atoms with Crippen LogP contribution in [0.15, 0.2) is 72.3 Å². The molecule has 0 bridgehead atoms. The minimum absolute atomic E-state index is 0.0240. The van der Waals surface area contributed by atoms with Gasteiger partial charge in [-0.15, -0.1) is 0 Å². The van der Waals surface area contributed by atoms with Crippen LogP contribution >= 0.6 is 0 Å². The summed E-state index contributed by atoms with van der Waals surface area (Å²) >= 11 is 0. The quantitative estimate of drug-likeness (QED) is 0.472. The van der Waals surface area contributed by atoms with E-state index in [4.69, 9.17) is 10.5 Å². The van der Waals surface area contributed by atoms with Gasteiger partial charge in [-0.3, -0.25) is 4.79 Å². The molecule has 0 fully saturated rings. The summed E-state index contributed by atoms with van der Waals surface area (Å²) in [6, 6.07) is 14.1. The lowest BCUT2D eigenvalue weighted by Gasteiger charge is -2.08. The second kappa shape index (κ2) is 6.77. The molecule has 2 N–H and O–H groups in total. The van der Waals surface area contributed by atoms with Crippen molar-refractivity contribution < 1.29 is 27.1 Å². The average molecular weight is 399 g/mol. The molecule has 4 rings (SSSR count). The van der Waals surface area contributed by atoms with Gasteiger partial charge in [0.2, 0.25) is 11.7 Å². The van der Waals surface area contributed by atoms with E-state index < -0.39 is 23.3 Å². The van der Waals surface area contributed by atoms with Gasteiger partial charge in [0, 0.05) is 5.56 Å². The summed E-state index contributed by atoms with van der Waals surface area (Å²) in [5.74, 6) is -1.88. The Balaban J connectivity index is 1.77. The van der Waals surface area contributed by atoms with Crippen molar-refractivity contribution >= 4 is 28.2 Å². The first-order valence-electron chi connectivity index (χ1n) is 8.54. The zero-order valence-electron chi connectivity index (χ0n) is 14.8. The highest BCUT2D eigenvalue weighted by atomic mass is 19.4. The first-order chi connectivity index (χ1) is 13.8. The van der Waals surface area contributed by atoms with Crippen LogP contribution in [0.25, 0.3) is 22.4 Å². The van der Waals surface area contributed by atoms with Gasteiger partial charge in [-0.25, -0.2) is 4.39 Å². The molecule has 146 valence electrons. The lowest BCUT2D eigenvalue weighted by molar-refractivity contribution is -0.137. The van der Waals surface area contributed by atoms with E-state index in [9.17, 15) is 22.4 Å². The lowest BCUT2D eigenvalue weighted by atomic mass is 9.98. The fraction of sp³-hybridized carbons (Fsp3) is 0.0455. The van der Waals surface area contributed by atoms with Crippen molar-refractivity contribution in [2.24, 2.45) is 5.73 Å². The molecular formula is C22H13F4NO2. The van der Waals surface area contributed by atoms with Gasteiger partial charge in [-0.1, -0.05) is 42.5 Å². The Morgan fingerprint density at radius 2 is 1.72 bits per heavy atom. The number of Topliss-reactive ketones (excluding diaryl/α,β-unsaturated/α-hetero) is 1. The molecule has 1 heterocycles. The number of benzene rings is 3. The van der Waals surface area contributed by atoms with Crippen molar-refractivity contribution in [3.05, 3.63) is 94.8 Å². The van der Waals surface area contributed by atoms with E-state index in [2.05, 4.69) is 0 Å². The van der Waals surface area contributed by atoms with Crippen LogP contribution < -0.4 is 5.73 Å². The van der Waals surface area contributed by atoms with Crippen molar-refractivity contribution in [2.45, 2.75) is 6.18 Å². The molecule has 3 aromatic carbocycles. The Morgan fingerprint density at radius 1 is 0.966 bits per heavy atom. The average Bonchev–Trinajstić information content (AvgIpc) is 2.97. The first kappa shape index (κ1) is 18.7. The number of rotatable bonds is 2. The van der Waals surface area contributed by atoms with Crippen LogP contribution in [-0.2, 0) is 15.7 Å². The minimum Gasteiger partial charge on any atom is -0.437 e. The van der Waals surface area contributed by atoms with Gasteiger partial charge in [0.15, 0.2) is 5.76 Å². The Morgan fingerprint density at radius 3 is 2.48 bits per heavy atom. The monoisotopic (exact) mass is 399 g/mol. The second-order valence-corrected chi connectivity index (χ2v) is 6.44. The van der Waals surface area contributed by atoms with Gasteiger partial charge in [0.25, 0.3) is 0 Å². The normalized spacial score (nSPS) is 16.0. The van der Waals surface area contributed by atoms with Crippen molar-refractivity contribution in [3.63, 3.8) is 0 Å². The molecule has 0 unspecified atom stereocenters. The zero-order valence-corrected chi connectivity index (χ0v) is 14.8. The molecule has 3 aromatic rings. The van der Waals surface area contributed by atoms with Crippen LogP contribution in [-0.4, -0.2) is 5.78 Å². The molecule has 0 spiro atoms. The topological polar surface area (TPSA) is 52.3 Å². The smallest absolute Gasteiger partial charge is 0.416 e. The SMILES string of the molecule is NC1=C(c2cccc(C(F)(F)F)c2)C(=O)C(=Cc2c(F)ccc3ccccc23)O1. The maximum Gasteiger partial charge on any atom is 0.416 e. The largest absolute Gasteiger partial charge is 0.437 e. The van der Waals surface area contributed by atoms with Crippen molar-refractivity contribution in [2.75, 3.05) is 0 Å². The maximum atomic E-state index is 14.4. The zero-order chi connectivity index (χ0) is 20.8. The van der Waals surface area contributed by atoms with E-state index >= 15 is 0 Å². The molecule has 1 aliphatic rings. The van der Waals surface area contributed by atoms with Gasteiger partial charge < -0.3 is 10.5 Å². The third-order valence-electron chi connectivity index (χ3n) is 4.59. The number of hydrogen-bond acceptors (Lipinski definition) is 3. The number of ether oxygens (including phenoxy) is 1. The van der Waals surface area contributed by atoms with Crippen LogP contribution in [0.5, 0.6) is 0 Å². The molecule has 0 aliphatic carbocycles. The molecule has 0 saturated heterocycles. The number of nitrogens with two attached hydrogens (primary N) is 1. The summed E-state index contributed by atoms with van der Waals surface area (Å²) in [6.45, 7) is 0. The van der Waals surface area contributed by atoms with Gasteiger partial charge in [0.05, 0.1) is 11.1 Å². The van der Waals surface area contributed by atoms with E-state index in [-0.39, 0.29) is 28.3 Å². The second-order valence-electron chi connectivity index (χ2n) is 6.44. The van der Waals surface area contributed by atoms with E-state index in [1.807, 2.05) is 0 Å². The standard InChI is InChI=1S/C22H13F4NO2/c23-17-9-8-12-4-1-2-7-15(12)16(17)11-18-20(28)19(21(27)29-18)13-5-3-6-14(10-13)22(24,25)26/h1-11H,27H2. The van der Waals surface area contributed by atoms with E-state index in [0.29, 0.717) is 5.39 Å². The molecule has 0 atom stereocenters. The highest BCUT2D eigenvalue weighted by Crippen LogP contribution is 2.36. The van der Waals surface area contributed by atoms with Crippen LogP contribution in [0, 0.1) is 5.82 Å². The predicted octanol–water partition coefficient (Wildman–Crippen LogP) is 5.27. The molecule has 0 radical (unpaired) electrons. The summed E-state index contributed by atoms with van der Waals surface area (Å²) in [5.41, 5.74) is 4.77. The van der Waals surface area contributed by atoms with E-state index in [1.165, 1.54) is 24.3 Å². The lowest BCUT2D eigenvalue weighted by Crippen LogP contribution is -2.07. The highest BCUT2D eigenvalue weighted by molar-refractivity contribution is 6.31. The fourth-order valence-corrected chi connectivity index (χ4v) is 3.22. The fourth-order valence-electron chi connectivity index (χ4n) is 3.22. The number of halogens is 4. The molecule has 0 amide bonds. The molecule has 1 aliphatic heterocycles. The van der Waals surface area contributed by atoms with E-state index in [1.54, 1.807) is 30.3 Å². The number of hydrogen-bond donors (Lipinski definition) is 1. The van der Waals surface area contributed by atoms with Gasteiger partial charge in [0.1, 0.15) is 5.82 Å². The molecule has 0 saturated carbocycles. The number of carbonyl (C=O) groups excluding carboxylic acids is 1. The number of fused-ring (bicyclic) bond motifs is 1. The Kier molecular flexibility index (Phi) is 4.38. The van der Waals surface area contributed by atoms with Crippen molar-refractivity contribution in [1.29, 1.82) is 0 Å². The minimum atomic E-state index is -4.57. The Labute approximate surface area is 162 Å². The summed E-state index contributed by atoms with van der Waals surface area (Å²) in [7, 11) is 0. The van der Waals surface area contributed by atoms with Crippen LogP contribution in [0.3, 0.4) is 0 Å². The highest BCUT2D eigenvalue weighted by Gasteiger charge is 2.34. The van der Waals surface area contributed by atoms with E-state index in [0.717, 1.165) is 17.5 Å². The van der Waals surface area contributed by atoms with Gasteiger partial charge in [-0.2, -0.15) is 13.2 Å². The maximum absolute atomic E-state index is 14.4. The van der Waals surface area contributed by atoms with Crippen LogP contribution in [0.1, 0.15) is 16.7 Å². The third-order valence-corrected chi connectivity index (χ3v) is 4.59. The van der Waals surface area contributed by atoms with Gasteiger partial charge in [-0.05, 0) is 40.6 Å². The Hall–Kier alpha value is -3.61. The first-order valence-corrected chi connectivity index (χ1v) is 8.54. The Bertz CT molecular complexity index is 1210. The van der Waals surface area contributed by atoms with Crippen molar-refractivity contribution in [3.8, 4) is 0 Å². The number of ketones is 1. The molecule has 29 heavy (non-hydrogen) atoms. The molecule has 3 nitrogen and oxygen atoms in total. The summed E-state index contributed by atoms with van der Waals surface area (Å²) in [6.07, 6.45) is -3.36. The van der Waals surface area contributed by atoms with Gasteiger partial charge >= 0.3 is 6.18 Å². The molecule has 7 heteroatoms. The molecule has 0 aromatic heterocycles. The van der Waals surface area contributed by atoms with Crippen molar-refractivity contribution in [1.82, 2.24) is 0 Å². The number of carbonyl (C=O) groups is 1. The number of allylic oxidation sites excluding steroid dienone is 1. The summed E-state index contributed by atoms with van der Waals surface area (Å²) in [5, 5.41) is 1.31. The van der Waals surface area contributed by atoms with Crippen LogP contribution in [0.4, 0.5) is 17.6 Å².